The van der Waals surface area contributed by atoms with Crippen LogP contribution in [0.3, 0.4) is 0 Å². The Morgan fingerprint density at radius 1 is 1.20 bits per heavy atom. The topological polar surface area (TPSA) is 50.9 Å². The van der Waals surface area contributed by atoms with Crippen molar-refractivity contribution in [2.45, 2.75) is 33.1 Å². The van der Waals surface area contributed by atoms with E-state index in [0.717, 1.165) is 17.9 Å². The zero-order valence-corrected chi connectivity index (χ0v) is 12.7. The van der Waals surface area contributed by atoms with E-state index in [4.69, 9.17) is 5.73 Å². The highest BCUT2D eigenvalue weighted by molar-refractivity contribution is 5.68. The molecule has 0 atom stereocenters. The lowest BCUT2D eigenvalue weighted by molar-refractivity contribution is 0.555. The van der Waals surface area contributed by atoms with Crippen molar-refractivity contribution in [1.29, 1.82) is 0 Å². The number of nitrogens with two attached hydrogens (primary N) is 1. The third-order valence-electron chi connectivity index (χ3n) is 3.83. The summed E-state index contributed by atoms with van der Waals surface area (Å²) >= 11 is 0. The van der Waals surface area contributed by atoms with E-state index in [9.17, 15) is 0 Å². The van der Waals surface area contributed by atoms with E-state index >= 15 is 0 Å². The van der Waals surface area contributed by atoms with Crippen molar-refractivity contribution < 1.29 is 0 Å². The van der Waals surface area contributed by atoms with Crippen molar-refractivity contribution in [3.63, 3.8) is 0 Å². The molecule has 0 saturated heterocycles. The molecule has 0 saturated carbocycles. The molecule has 0 unspecified atom stereocenters. The zero-order chi connectivity index (χ0) is 14.8. The Hall–Kier alpha value is -2.03. The standard InChI is InChI=1S/C17H23N3/c1-12-8-15(18)16(9-13(12)2)20-11-17(3,4)14-6-5-7-19-10-14/h5-10,20H,11,18H2,1-4H3. The van der Waals surface area contributed by atoms with Crippen LogP contribution >= 0.6 is 0 Å². The van der Waals surface area contributed by atoms with Gasteiger partial charge in [-0.3, -0.25) is 4.98 Å². The quantitative estimate of drug-likeness (QED) is 0.833. The third kappa shape index (κ3) is 3.10. The second-order valence-electron chi connectivity index (χ2n) is 6.00. The van der Waals surface area contributed by atoms with Crippen molar-refractivity contribution in [3.05, 3.63) is 53.3 Å². The molecule has 0 amide bonds. The van der Waals surface area contributed by atoms with E-state index in [1.54, 1.807) is 6.20 Å². The van der Waals surface area contributed by atoms with Crippen LogP contribution in [0.1, 0.15) is 30.5 Å². The monoisotopic (exact) mass is 269 g/mol. The number of nitrogen functional groups attached to an aromatic ring is 1. The van der Waals surface area contributed by atoms with E-state index in [0.29, 0.717) is 0 Å². The Morgan fingerprint density at radius 3 is 2.55 bits per heavy atom. The van der Waals surface area contributed by atoms with Crippen LogP contribution < -0.4 is 11.1 Å². The van der Waals surface area contributed by atoms with Crippen LogP contribution in [0.15, 0.2) is 36.7 Å². The van der Waals surface area contributed by atoms with Gasteiger partial charge in [0, 0.05) is 24.4 Å². The maximum atomic E-state index is 6.08. The molecular formula is C17H23N3. The summed E-state index contributed by atoms with van der Waals surface area (Å²) in [7, 11) is 0. The van der Waals surface area contributed by atoms with Gasteiger partial charge in [-0.15, -0.1) is 0 Å². The first-order valence-corrected chi connectivity index (χ1v) is 6.91. The minimum absolute atomic E-state index is 0.000505. The highest BCUT2D eigenvalue weighted by Crippen LogP contribution is 2.27. The maximum Gasteiger partial charge on any atom is 0.0577 e. The second-order valence-corrected chi connectivity index (χ2v) is 6.00. The first-order valence-electron chi connectivity index (χ1n) is 6.91. The molecule has 0 bridgehead atoms. The predicted octanol–water partition coefficient (Wildman–Crippen LogP) is 3.67. The molecular weight excluding hydrogens is 246 g/mol. The number of nitrogens with one attached hydrogen (secondary N) is 1. The number of hydrogen-bond acceptors (Lipinski definition) is 3. The van der Waals surface area contributed by atoms with Gasteiger partial charge in [-0.2, -0.15) is 0 Å². The molecule has 2 rings (SSSR count). The van der Waals surface area contributed by atoms with Crippen molar-refractivity contribution in [2.24, 2.45) is 0 Å². The highest BCUT2D eigenvalue weighted by atomic mass is 14.9. The number of hydrogen-bond donors (Lipinski definition) is 2. The molecule has 0 spiro atoms. The Bertz CT molecular complexity index is 589. The summed E-state index contributed by atoms with van der Waals surface area (Å²) in [6.07, 6.45) is 3.72. The van der Waals surface area contributed by atoms with Crippen molar-refractivity contribution in [1.82, 2.24) is 4.98 Å². The van der Waals surface area contributed by atoms with Crippen LogP contribution in [0.2, 0.25) is 0 Å². The van der Waals surface area contributed by atoms with E-state index in [2.05, 4.69) is 50.1 Å². The van der Waals surface area contributed by atoms with E-state index < -0.39 is 0 Å². The minimum atomic E-state index is -0.000505. The lowest BCUT2D eigenvalue weighted by Gasteiger charge is -2.26. The number of nitrogens with zero attached hydrogens (tertiary/aromatic N) is 1. The Balaban J connectivity index is 2.14. The largest absolute Gasteiger partial charge is 0.397 e. The molecule has 0 aliphatic rings. The molecule has 3 heteroatoms. The molecule has 1 aromatic carbocycles. The summed E-state index contributed by atoms with van der Waals surface area (Å²) in [4.78, 5) is 4.20. The van der Waals surface area contributed by atoms with E-state index in [-0.39, 0.29) is 5.41 Å². The fraction of sp³-hybridized carbons (Fsp3) is 0.353. The number of rotatable bonds is 4. The summed E-state index contributed by atoms with van der Waals surface area (Å²) in [5.41, 5.74) is 11.6. The Kier molecular flexibility index (Phi) is 3.98. The first kappa shape index (κ1) is 14.4. The number of anilines is 2. The molecule has 3 nitrogen and oxygen atoms in total. The molecule has 1 heterocycles. The highest BCUT2D eigenvalue weighted by Gasteiger charge is 2.20. The number of benzene rings is 1. The van der Waals surface area contributed by atoms with Crippen LogP contribution in [0.5, 0.6) is 0 Å². The Morgan fingerprint density at radius 2 is 1.90 bits per heavy atom. The van der Waals surface area contributed by atoms with Gasteiger partial charge in [0.1, 0.15) is 0 Å². The van der Waals surface area contributed by atoms with Gasteiger partial charge in [-0.25, -0.2) is 0 Å². The molecule has 0 fully saturated rings. The van der Waals surface area contributed by atoms with Crippen LogP contribution in [-0.2, 0) is 5.41 Å². The number of aromatic nitrogens is 1. The van der Waals surface area contributed by atoms with Gasteiger partial charge in [-0.05, 0) is 48.7 Å². The molecule has 1 aromatic heterocycles. The molecule has 0 aliphatic carbocycles. The van der Waals surface area contributed by atoms with Crippen LogP contribution in [-0.4, -0.2) is 11.5 Å². The summed E-state index contributed by atoms with van der Waals surface area (Å²) in [5.74, 6) is 0. The number of pyridine rings is 1. The summed E-state index contributed by atoms with van der Waals surface area (Å²) in [6.45, 7) is 9.40. The minimum Gasteiger partial charge on any atom is -0.397 e. The summed E-state index contributed by atoms with van der Waals surface area (Å²) in [6, 6.07) is 8.22. The zero-order valence-electron chi connectivity index (χ0n) is 12.7. The first-order chi connectivity index (χ1) is 9.40. The maximum absolute atomic E-state index is 6.08. The molecule has 0 aliphatic heterocycles. The van der Waals surface area contributed by atoms with E-state index in [1.807, 2.05) is 18.3 Å². The smallest absolute Gasteiger partial charge is 0.0577 e. The van der Waals surface area contributed by atoms with Crippen molar-refractivity contribution in [3.8, 4) is 0 Å². The molecule has 106 valence electrons. The molecule has 20 heavy (non-hydrogen) atoms. The van der Waals surface area contributed by atoms with Gasteiger partial charge < -0.3 is 11.1 Å². The van der Waals surface area contributed by atoms with Crippen LogP contribution in [0, 0.1) is 13.8 Å². The fourth-order valence-corrected chi connectivity index (χ4v) is 2.17. The third-order valence-corrected chi connectivity index (χ3v) is 3.83. The summed E-state index contributed by atoms with van der Waals surface area (Å²) < 4.78 is 0. The Labute approximate surface area is 121 Å². The van der Waals surface area contributed by atoms with Crippen molar-refractivity contribution >= 4 is 11.4 Å². The van der Waals surface area contributed by atoms with Gasteiger partial charge >= 0.3 is 0 Å². The van der Waals surface area contributed by atoms with E-state index in [1.165, 1.54) is 16.7 Å². The van der Waals surface area contributed by atoms with Gasteiger partial charge in [0.05, 0.1) is 11.4 Å². The fourth-order valence-electron chi connectivity index (χ4n) is 2.17. The second kappa shape index (κ2) is 5.53. The average molecular weight is 269 g/mol. The molecule has 0 radical (unpaired) electrons. The predicted molar refractivity (Wildman–Crippen MR) is 86.1 cm³/mol. The SMILES string of the molecule is Cc1cc(N)c(NCC(C)(C)c2cccnc2)cc1C. The molecule has 2 aromatic rings. The molecule has 3 N–H and O–H groups in total. The van der Waals surface area contributed by atoms with Gasteiger partial charge in [-0.1, -0.05) is 19.9 Å². The number of aryl methyl sites for hydroxylation is 2. The lowest BCUT2D eigenvalue weighted by atomic mass is 9.85. The lowest BCUT2D eigenvalue weighted by Crippen LogP contribution is -2.28. The van der Waals surface area contributed by atoms with Crippen molar-refractivity contribution in [2.75, 3.05) is 17.6 Å². The van der Waals surface area contributed by atoms with Gasteiger partial charge in [0.15, 0.2) is 0 Å². The normalized spacial score (nSPS) is 11.4. The van der Waals surface area contributed by atoms with Crippen LogP contribution in [0.4, 0.5) is 11.4 Å². The van der Waals surface area contributed by atoms with Gasteiger partial charge in [0.2, 0.25) is 0 Å². The van der Waals surface area contributed by atoms with Crippen LogP contribution in [0.25, 0.3) is 0 Å². The summed E-state index contributed by atoms with van der Waals surface area (Å²) in [5, 5.41) is 3.47. The average Bonchev–Trinajstić information content (AvgIpc) is 2.42. The van der Waals surface area contributed by atoms with Gasteiger partial charge in [0.25, 0.3) is 0 Å².